The second kappa shape index (κ2) is 6.80. The highest BCUT2D eigenvalue weighted by Crippen LogP contribution is 2.13. The number of halogens is 3. The first-order valence-corrected chi connectivity index (χ1v) is 7.06. The summed E-state index contributed by atoms with van der Waals surface area (Å²) in [5, 5.41) is 2.27. The van der Waals surface area contributed by atoms with Crippen molar-refractivity contribution in [3.63, 3.8) is 0 Å². The summed E-state index contributed by atoms with van der Waals surface area (Å²) in [4.78, 5) is 27.8. The lowest BCUT2D eigenvalue weighted by Gasteiger charge is -2.09. The molecule has 1 aromatic heterocycles. The summed E-state index contributed by atoms with van der Waals surface area (Å²) >= 11 is 0. The summed E-state index contributed by atoms with van der Waals surface area (Å²) in [6.45, 7) is 0.724. The van der Waals surface area contributed by atoms with Crippen molar-refractivity contribution in [3.8, 4) is 0 Å². The second-order valence-electron chi connectivity index (χ2n) is 5.21. The van der Waals surface area contributed by atoms with Crippen LogP contribution in [-0.2, 0) is 11.3 Å². The number of benzene rings is 1. The zero-order valence-electron chi connectivity index (χ0n) is 12.5. The molecule has 1 N–H and O–H groups in total. The van der Waals surface area contributed by atoms with E-state index in [2.05, 4.69) is 4.98 Å². The van der Waals surface area contributed by atoms with Gasteiger partial charge in [0.2, 0.25) is 5.91 Å². The number of aryl methyl sites for hydroxylation is 2. The highest BCUT2D eigenvalue weighted by atomic mass is 19.4. The van der Waals surface area contributed by atoms with Gasteiger partial charge in [0.15, 0.2) is 0 Å². The molecule has 23 heavy (non-hydrogen) atoms. The van der Waals surface area contributed by atoms with E-state index in [0.29, 0.717) is 10.9 Å². The number of fused-ring (bicyclic) bond motifs is 1. The van der Waals surface area contributed by atoms with Crippen LogP contribution in [0.3, 0.4) is 0 Å². The molecule has 1 amide bonds. The zero-order chi connectivity index (χ0) is 17.0. The van der Waals surface area contributed by atoms with Gasteiger partial charge in [-0.25, -0.2) is 4.98 Å². The summed E-state index contributed by atoms with van der Waals surface area (Å²) in [6, 6.07) is 5.28. The van der Waals surface area contributed by atoms with Crippen LogP contribution in [0.4, 0.5) is 13.2 Å². The van der Waals surface area contributed by atoms with Gasteiger partial charge in [0.1, 0.15) is 6.54 Å². The lowest BCUT2D eigenvalue weighted by Crippen LogP contribution is -2.33. The number of rotatable bonds is 5. The Bertz CT molecular complexity index is 769. The Morgan fingerprint density at radius 2 is 2.09 bits per heavy atom. The molecule has 0 atom stereocenters. The standard InChI is InChI=1S/C15H16F3N3O2/c1-10-4-2-5-11-13(10)20-9-21(14(11)23)7-3-6-12(22)19-8-15(16,17)18/h2,4-5,9H,3,6-8H2,1H3,(H,19,22). The van der Waals surface area contributed by atoms with E-state index < -0.39 is 18.6 Å². The fraction of sp³-hybridized carbons (Fsp3) is 0.400. The molecule has 0 fully saturated rings. The zero-order valence-corrected chi connectivity index (χ0v) is 12.5. The molecule has 2 rings (SSSR count). The molecule has 0 spiro atoms. The van der Waals surface area contributed by atoms with Gasteiger partial charge in [0, 0.05) is 13.0 Å². The van der Waals surface area contributed by atoms with E-state index in [-0.39, 0.29) is 24.9 Å². The average Bonchev–Trinajstić information content (AvgIpc) is 2.47. The Kier molecular flexibility index (Phi) is 5.02. The van der Waals surface area contributed by atoms with Gasteiger partial charge in [0.05, 0.1) is 17.2 Å². The van der Waals surface area contributed by atoms with Crippen molar-refractivity contribution < 1.29 is 18.0 Å². The maximum absolute atomic E-state index is 12.3. The quantitative estimate of drug-likeness (QED) is 0.915. The minimum absolute atomic E-state index is 0.0889. The van der Waals surface area contributed by atoms with Crippen LogP contribution in [0.15, 0.2) is 29.3 Å². The number of nitrogens with zero attached hydrogens (tertiary/aromatic N) is 2. The van der Waals surface area contributed by atoms with Crippen LogP contribution in [-0.4, -0.2) is 28.2 Å². The Hall–Kier alpha value is -2.38. The number of carbonyl (C=O) groups excluding carboxylic acids is 1. The lowest BCUT2D eigenvalue weighted by atomic mass is 10.1. The van der Waals surface area contributed by atoms with E-state index in [1.165, 1.54) is 10.9 Å². The van der Waals surface area contributed by atoms with Gasteiger partial charge in [-0.15, -0.1) is 0 Å². The molecule has 0 bridgehead atoms. The van der Waals surface area contributed by atoms with Gasteiger partial charge in [-0.2, -0.15) is 13.2 Å². The fourth-order valence-electron chi connectivity index (χ4n) is 2.19. The van der Waals surface area contributed by atoms with E-state index in [9.17, 15) is 22.8 Å². The van der Waals surface area contributed by atoms with Crippen molar-refractivity contribution in [2.24, 2.45) is 0 Å². The van der Waals surface area contributed by atoms with Crippen molar-refractivity contribution >= 4 is 16.8 Å². The normalized spacial score (nSPS) is 11.7. The molecule has 0 aliphatic carbocycles. The first-order valence-electron chi connectivity index (χ1n) is 7.06. The Balaban J connectivity index is 1.97. The SMILES string of the molecule is Cc1cccc2c(=O)n(CCCC(=O)NCC(F)(F)F)cnc12. The molecule has 0 radical (unpaired) electrons. The molecule has 0 aliphatic rings. The van der Waals surface area contributed by atoms with Crippen molar-refractivity contribution in [2.75, 3.05) is 6.54 Å². The topological polar surface area (TPSA) is 64.0 Å². The lowest BCUT2D eigenvalue weighted by molar-refractivity contribution is -0.138. The van der Waals surface area contributed by atoms with Crippen molar-refractivity contribution in [1.82, 2.24) is 14.9 Å². The van der Waals surface area contributed by atoms with Gasteiger partial charge in [-0.05, 0) is 25.0 Å². The number of alkyl halides is 3. The molecule has 0 saturated heterocycles. The first-order chi connectivity index (χ1) is 10.8. The van der Waals surface area contributed by atoms with E-state index in [0.717, 1.165) is 5.56 Å². The van der Waals surface area contributed by atoms with Crippen molar-refractivity contribution in [2.45, 2.75) is 32.5 Å². The highest BCUT2D eigenvalue weighted by Gasteiger charge is 2.27. The van der Waals surface area contributed by atoms with Crippen LogP contribution in [0.5, 0.6) is 0 Å². The van der Waals surface area contributed by atoms with Gasteiger partial charge in [-0.1, -0.05) is 12.1 Å². The number of hydrogen-bond acceptors (Lipinski definition) is 3. The first kappa shape index (κ1) is 17.0. The summed E-state index contributed by atoms with van der Waals surface area (Å²) in [5.74, 6) is -0.694. The van der Waals surface area contributed by atoms with E-state index in [1.807, 2.05) is 13.0 Å². The third-order valence-electron chi connectivity index (χ3n) is 3.34. The number of nitrogens with one attached hydrogen (secondary N) is 1. The van der Waals surface area contributed by atoms with Crippen LogP contribution >= 0.6 is 0 Å². The molecule has 1 aromatic carbocycles. The summed E-state index contributed by atoms with van der Waals surface area (Å²) in [6.07, 6.45) is -2.87. The van der Waals surface area contributed by atoms with Gasteiger partial charge in [0.25, 0.3) is 5.56 Å². The minimum atomic E-state index is -4.42. The highest BCUT2D eigenvalue weighted by molar-refractivity contribution is 5.80. The molecule has 1 heterocycles. The Labute approximate surface area is 130 Å². The van der Waals surface area contributed by atoms with E-state index >= 15 is 0 Å². The molecule has 0 aliphatic heterocycles. The summed E-state index contributed by atoms with van der Waals surface area (Å²) in [7, 11) is 0. The van der Waals surface area contributed by atoms with Gasteiger partial charge in [-0.3, -0.25) is 14.2 Å². The van der Waals surface area contributed by atoms with E-state index in [4.69, 9.17) is 0 Å². The molecular weight excluding hydrogens is 311 g/mol. The van der Waals surface area contributed by atoms with E-state index in [1.54, 1.807) is 17.4 Å². The molecule has 0 saturated carbocycles. The molecule has 5 nitrogen and oxygen atoms in total. The maximum atomic E-state index is 12.3. The predicted octanol–water partition coefficient (Wildman–Crippen LogP) is 2.16. The molecule has 2 aromatic rings. The molecule has 0 unspecified atom stereocenters. The number of hydrogen-bond donors (Lipinski definition) is 1. The number of para-hydroxylation sites is 1. The summed E-state index contributed by atoms with van der Waals surface area (Å²) in [5.41, 5.74) is 1.28. The fourth-order valence-corrected chi connectivity index (χ4v) is 2.19. The number of amides is 1. The monoisotopic (exact) mass is 327 g/mol. The van der Waals surface area contributed by atoms with Crippen LogP contribution < -0.4 is 10.9 Å². The smallest absolute Gasteiger partial charge is 0.347 e. The Morgan fingerprint density at radius 3 is 2.78 bits per heavy atom. The predicted molar refractivity (Wildman–Crippen MR) is 79.0 cm³/mol. The van der Waals surface area contributed by atoms with Crippen molar-refractivity contribution in [1.29, 1.82) is 0 Å². The number of aromatic nitrogens is 2. The van der Waals surface area contributed by atoms with Crippen LogP contribution in [0, 0.1) is 6.92 Å². The molecule has 8 heteroatoms. The van der Waals surface area contributed by atoms with Crippen molar-refractivity contribution in [3.05, 3.63) is 40.4 Å². The minimum Gasteiger partial charge on any atom is -0.347 e. The molecule has 124 valence electrons. The third-order valence-corrected chi connectivity index (χ3v) is 3.34. The van der Waals surface area contributed by atoms with Crippen LogP contribution in [0.2, 0.25) is 0 Å². The average molecular weight is 327 g/mol. The largest absolute Gasteiger partial charge is 0.405 e. The number of carbonyl (C=O) groups is 1. The maximum Gasteiger partial charge on any atom is 0.405 e. The van der Waals surface area contributed by atoms with Gasteiger partial charge >= 0.3 is 6.18 Å². The van der Waals surface area contributed by atoms with Crippen LogP contribution in [0.25, 0.3) is 10.9 Å². The molecular formula is C15H16F3N3O2. The summed E-state index contributed by atoms with van der Waals surface area (Å²) < 4.78 is 37.3. The third kappa shape index (κ3) is 4.54. The van der Waals surface area contributed by atoms with Gasteiger partial charge < -0.3 is 5.32 Å². The van der Waals surface area contributed by atoms with Crippen LogP contribution in [0.1, 0.15) is 18.4 Å². The second-order valence-corrected chi connectivity index (χ2v) is 5.21. The Morgan fingerprint density at radius 1 is 1.35 bits per heavy atom.